The number of carbonyl (C=O) groups is 3. The monoisotopic (exact) mass is 432 g/mol. The highest BCUT2D eigenvalue weighted by Crippen LogP contribution is 2.46. The molecule has 1 N–H and O–H groups in total. The Morgan fingerprint density at radius 1 is 1.17 bits per heavy atom. The molecule has 0 bridgehead atoms. The van der Waals surface area contributed by atoms with Crippen LogP contribution in [0.15, 0.2) is 24.3 Å². The standard InChI is InChI=1S/C22H25ClN2O5/c1-12(26)24-15-6-7-16-17(8-15)20-14(10-23)11-25(21(28)30-22(3,4)5)18(20)9-19(16)29-13(2)27/h6-9,14H,10-11H2,1-5H3,(H,24,26). The van der Waals surface area contributed by atoms with Crippen LogP contribution in [0.3, 0.4) is 0 Å². The van der Waals surface area contributed by atoms with E-state index in [1.807, 2.05) is 0 Å². The van der Waals surface area contributed by atoms with Gasteiger partial charge in [-0.1, -0.05) is 0 Å². The van der Waals surface area contributed by atoms with Gasteiger partial charge in [0.15, 0.2) is 0 Å². The number of alkyl halides is 1. The second-order valence-electron chi connectivity index (χ2n) is 8.28. The van der Waals surface area contributed by atoms with E-state index in [-0.39, 0.29) is 11.8 Å². The summed E-state index contributed by atoms with van der Waals surface area (Å²) in [6.07, 6.45) is -0.498. The Bertz CT molecular complexity index is 1030. The predicted octanol–water partition coefficient (Wildman–Crippen LogP) is 4.80. The Morgan fingerprint density at radius 2 is 1.87 bits per heavy atom. The number of nitrogens with zero attached hydrogens (tertiary/aromatic N) is 1. The smallest absolute Gasteiger partial charge is 0.414 e. The first-order valence-electron chi connectivity index (χ1n) is 9.63. The van der Waals surface area contributed by atoms with E-state index in [9.17, 15) is 14.4 Å². The van der Waals surface area contributed by atoms with Gasteiger partial charge in [-0.15, -0.1) is 11.6 Å². The van der Waals surface area contributed by atoms with Crippen molar-refractivity contribution in [2.24, 2.45) is 0 Å². The van der Waals surface area contributed by atoms with E-state index >= 15 is 0 Å². The summed E-state index contributed by atoms with van der Waals surface area (Å²) < 4.78 is 11.0. The summed E-state index contributed by atoms with van der Waals surface area (Å²) in [5.74, 6) is -0.201. The molecule has 160 valence electrons. The third-order valence-electron chi connectivity index (χ3n) is 4.60. The summed E-state index contributed by atoms with van der Waals surface area (Å²) in [5.41, 5.74) is 1.37. The highest BCUT2D eigenvalue weighted by molar-refractivity contribution is 6.19. The van der Waals surface area contributed by atoms with E-state index in [1.54, 1.807) is 45.0 Å². The number of fused-ring (bicyclic) bond motifs is 3. The molecular formula is C22H25ClN2O5. The van der Waals surface area contributed by atoms with Gasteiger partial charge in [0.25, 0.3) is 0 Å². The summed E-state index contributed by atoms with van der Waals surface area (Å²) in [4.78, 5) is 37.6. The van der Waals surface area contributed by atoms with Crippen LogP contribution in [0.4, 0.5) is 16.2 Å². The largest absolute Gasteiger partial charge is 0.443 e. The van der Waals surface area contributed by atoms with Crippen molar-refractivity contribution >= 4 is 51.7 Å². The van der Waals surface area contributed by atoms with E-state index in [0.717, 1.165) is 10.9 Å². The minimum absolute atomic E-state index is 0.143. The van der Waals surface area contributed by atoms with Crippen LogP contribution < -0.4 is 15.0 Å². The van der Waals surface area contributed by atoms with Crippen molar-refractivity contribution in [2.75, 3.05) is 22.6 Å². The molecule has 2 aromatic carbocycles. The van der Waals surface area contributed by atoms with Gasteiger partial charge in [-0.05, 0) is 49.9 Å². The number of carbonyl (C=O) groups excluding carboxylic acids is 3. The molecule has 1 unspecified atom stereocenters. The molecule has 1 heterocycles. The molecule has 2 aromatic rings. The summed E-state index contributed by atoms with van der Waals surface area (Å²) in [7, 11) is 0. The normalized spacial score (nSPS) is 15.7. The van der Waals surface area contributed by atoms with Crippen molar-refractivity contribution in [2.45, 2.75) is 46.1 Å². The summed E-state index contributed by atoms with van der Waals surface area (Å²) in [5, 5.41) is 4.21. The minimum atomic E-state index is -0.662. The molecule has 30 heavy (non-hydrogen) atoms. The van der Waals surface area contributed by atoms with Gasteiger partial charge < -0.3 is 14.8 Å². The maximum absolute atomic E-state index is 12.9. The number of ether oxygens (including phenoxy) is 2. The van der Waals surface area contributed by atoms with Crippen molar-refractivity contribution in [3.63, 3.8) is 0 Å². The van der Waals surface area contributed by atoms with Crippen LogP contribution in [-0.4, -0.2) is 36.0 Å². The van der Waals surface area contributed by atoms with Gasteiger partial charge in [0.1, 0.15) is 11.4 Å². The molecule has 0 saturated heterocycles. The van der Waals surface area contributed by atoms with E-state index in [1.165, 1.54) is 18.7 Å². The van der Waals surface area contributed by atoms with Crippen LogP contribution in [-0.2, 0) is 14.3 Å². The van der Waals surface area contributed by atoms with Crippen molar-refractivity contribution in [3.05, 3.63) is 29.8 Å². The fourth-order valence-electron chi connectivity index (χ4n) is 3.60. The van der Waals surface area contributed by atoms with Gasteiger partial charge in [0.05, 0.1) is 5.69 Å². The Morgan fingerprint density at radius 3 is 2.43 bits per heavy atom. The summed E-state index contributed by atoms with van der Waals surface area (Å²) >= 11 is 6.25. The third kappa shape index (κ3) is 4.51. The maximum Gasteiger partial charge on any atom is 0.414 e. The zero-order valence-electron chi connectivity index (χ0n) is 17.7. The molecule has 0 fully saturated rings. The van der Waals surface area contributed by atoms with Gasteiger partial charge >= 0.3 is 12.1 Å². The van der Waals surface area contributed by atoms with E-state index in [4.69, 9.17) is 21.1 Å². The third-order valence-corrected chi connectivity index (χ3v) is 4.97. The molecule has 0 aromatic heterocycles. The lowest BCUT2D eigenvalue weighted by molar-refractivity contribution is -0.131. The first-order chi connectivity index (χ1) is 14.0. The molecule has 7 nitrogen and oxygen atoms in total. The lowest BCUT2D eigenvalue weighted by atomic mass is 9.95. The highest BCUT2D eigenvalue weighted by atomic mass is 35.5. The number of rotatable bonds is 3. The van der Waals surface area contributed by atoms with Crippen molar-refractivity contribution < 1.29 is 23.9 Å². The second-order valence-corrected chi connectivity index (χ2v) is 8.59. The number of esters is 1. The molecule has 2 amide bonds. The molecule has 1 aliphatic rings. The first-order valence-corrected chi connectivity index (χ1v) is 10.2. The van der Waals surface area contributed by atoms with Crippen LogP contribution >= 0.6 is 11.6 Å². The summed E-state index contributed by atoms with van der Waals surface area (Å²) in [6.45, 7) is 8.48. The Hall–Kier alpha value is -2.80. The second kappa shape index (κ2) is 8.14. The molecule has 0 saturated carbocycles. The van der Waals surface area contributed by atoms with E-state index in [2.05, 4.69) is 5.32 Å². The van der Waals surface area contributed by atoms with E-state index < -0.39 is 17.7 Å². The quantitative estimate of drug-likeness (QED) is 0.427. The van der Waals surface area contributed by atoms with Gasteiger partial charge in [-0.2, -0.15) is 0 Å². The van der Waals surface area contributed by atoms with Crippen LogP contribution in [0.1, 0.15) is 46.1 Å². The predicted molar refractivity (Wildman–Crippen MR) is 117 cm³/mol. The molecule has 0 radical (unpaired) electrons. The number of nitrogens with one attached hydrogen (secondary N) is 1. The van der Waals surface area contributed by atoms with Crippen molar-refractivity contribution in [1.29, 1.82) is 0 Å². The lowest BCUT2D eigenvalue weighted by Gasteiger charge is -2.25. The first kappa shape index (κ1) is 21.9. The van der Waals surface area contributed by atoms with Gasteiger partial charge in [0, 0.05) is 49.3 Å². The fourth-order valence-corrected chi connectivity index (χ4v) is 3.85. The number of hydrogen-bond acceptors (Lipinski definition) is 5. The van der Waals surface area contributed by atoms with Crippen LogP contribution in [0.5, 0.6) is 5.75 Å². The molecule has 1 atom stereocenters. The van der Waals surface area contributed by atoms with Crippen LogP contribution in [0.2, 0.25) is 0 Å². The van der Waals surface area contributed by atoms with Crippen LogP contribution in [0, 0.1) is 0 Å². The number of amides is 2. The Kier molecular flexibility index (Phi) is 5.94. The number of anilines is 2. The maximum atomic E-state index is 12.9. The van der Waals surface area contributed by atoms with Crippen LogP contribution in [0.25, 0.3) is 10.8 Å². The van der Waals surface area contributed by atoms with Gasteiger partial charge in [-0.3, -0.25) is 14.5 Å². The molecule has 3 rings (SSSR count). The molecule has 1 aliphatic heterocycles. The average Bonchev–Trinajstić information content (AvgIpc) is 2.98. The number of hydrogen-bond donors (Lipinski definition) is 1. The van der Waals surface area contributed by atoms with E-state index in [0.29, 0.717) is 34.9 Å². The lowest BCUT2D eigenvalue weighted by Crippen LogP contribution is -2.36. The molecule has 0 spiro atoms. The fraction of sp³-hybridized carbons (Fsp3) is 0.409. The Balaban J connectivity index is 2.23. The average molecular weight is 433 g/mol. The molecule has 0 aliphatic carbocycles. The zero-order valence-corrected chi connectivity index (χ0v) is 18.4. The highest BCUT2D eigenvalue weighted by Gasteiger charge is 2.37. The van der Waals surface area contributed by atoms with Crippen molar-refractivity contribution in [3.8, 4) is 5.75 Å². The van der Waals surface area contributed by atoms with Gasteiger partial charge in [0.2, 0.25) is 5.91 Å². The topological polar surface area (TPSA) is 84.9 Å². The SMILES string of the molecule is CC(=O)Nc1ccc2c(OC(C)=O)cc3c(c2c1)C(CCl)CN3C(=O)OC(C)(C)C. The molecular weight excluding hydrogens is 408 g/mol. The number of benzene rings is 2. The minimum Gasteiger partial charge on any atom is -0.443 e. The molecule has 8 heteroatoms. The number of halogens is 1. The summed E-state index contributed by atoms with van der Waals surface area (Å²) in [6, 6.07) is 6.99. The Labute approximate surface area is 180 Å². The van der Waals surface area contributed by atoms with Crippen molar-refractivity contribution in [1.82, 2.24) is 0 Å². The zero-order chi connectivity index (χ0) is 22.2. The van der Waals surface area contributed by atoms with Gasteiger partial charge in [-0.25, -0.2) is 4.79 Å².